The van der Waals surface area contributed by atoms with E-state index in [1.807, 2.05) is 18.2 Å². The maximum absolute atomic E-state index is 10.3. The topological polar surface area (TPSA) is 41.9 Å². The van der Waals surface area contributed by atoms with Crippen molar-refractivity contribution in [2.24, 2.45) is 5.92 Å². The Morgan fingerprint density at radius 1 is 1.35 bits per heavy atom. The van der Waals surface area contributed by atoms with Crippen LogP contribution in [0.15, 0.2) is 30.3 Å². The summed E-state index contributed by atoms with van der Waals surface area (Å²) in [7, 11) is 1.70. The van der Waals surface area contributed by atoms with Gasteiger partial charge in [0.1, 0.15) is 5.75 Å². The van der Waals surface area contributed by atoms with Gasteiger partial charge in [-0.15, -0.1) is 0 Å². The third-order valence-corrected chi connectivity index (χ3v) is 5.05. The maximum Gasteiger partial charge on any atom is 0.126 e. The summed E-state index contributed by atoms with van der Waals surface area (Å²) >= 11 is 0. The van der Waals surface area contributed by atoms with Gasteiger partial charge in [0.2, 0.25) is 0 Å². The Morgan fingerprint density at radius 3 is 3.04 bits per heavy atom. The van der Waals surface area contributed by atoms with Gasteiger partial charge in [-0.05, 0) is 31.9 Å². The minimum atomic E-state index is -0.215. The second kappa shape index (κ2) is 7.95. The molecular weight excluding hydrogens is 290 g/mol. The molecule has 2 aliphatic rings. The van der Waals surface area contributed by atoms with Crippen LogP contribution < -0.4 is 4.74 Å². The SMILES string of the molecule is COc1ccccc1C=CCN1CCCC1C1COCCC1O. The molecule has 0 amide bonds. The Labute approximate surface area is 138 Å². The van der Waals surface area contributed by atoms with Crippen LogP contribution in [-0.4, -0.2) is 55.6 Å². The van der Waals surface area contributed by atoms with Gasteiger partial charge in [-0.3, -0.25) is 4.90 Å². The van der Waals surface area contributed by atoms with E-state index in [1.54, 1.807) is 7.11 Å². The molecule has 0 radical (unpaired) electrons. The number of nitrogens with zero attached hydrogens (tertiary/aromatic N) is 1. The monoisotopic (exact) mass is 317 g/mol. The van der Waals surface area contributed by atoms with Gasteiger partial charge in [0.05, 0.1) is 19.8 Å². The molecule has 0 aromatic heterocycles. The molecule has 2 saturated heterocycles. The van der Waals surface area contributed by atoms with Crippen LogP contribution in [0.2, 0.25) is 0 Å². The number of rotatable bonds is 5. The second-order valence-corrected chi connectivity index (χ2v) is 6.44. The molecule has 4 nitrogen and oxygen atoms in total. The van der Waals surface area contributed by atoms with Gasteiger partial charge in [0, 0.05) is 30.7 Å². The van der Waals surface area contributed by atoms with Crippen molar-refractivity contribution in [2.45, 2.75) is 31.4 Å². The number of hydrogen-bond acceptors (Lipinski definition) is 4. The van der Waals surface area contributed by atoms with Gasteiger partial charge in [-0.2, -0.15) is 0 Å². The third kappa shape index (κ3) is 3.94. The van der Waals surface area contributed by atoms with E-state index in [4.69, 9.17) is 9.47 Å². The van der Waals surface area contributed by atoms with E-state index < -0.39 is 0 Å². The average molecular weight is 317 g/mol. The van der Waals surface area contributed by atoms with E-state index in [-0.39, 0.29) is 12.0 Å². The fourth-order valence-corrected chi connectivity index (χ4v) is 3.80. The summed E-state index contributed by atoms with van der Waals surface area (Å²) in [5.41, 5.74) is 1.10. The first-order valence-electron chi connectivity index (χ1n) is 8.59. The van der Waals surface area contributed by atoms with Crippen molar-refractivity contribution in [3.8, 4) is 5.75 Å². The Hall–Kier alpha value is -1.36. The number of hydrogen-bond donors (Lipinski definition) is 1. The Bertz CT molecular complexity index is 531. The molecule has 4 heteroatoms. The first-order chi connectivity index (χ1) is 11.3. The molecule has 1 aromatic carbocycles. The summed E-state index contributed by atoms with van der Waals surface area (Å²) in [6, 6.07) is 8.49. The minimum absolute atomic E-state index is 0.215. The predicted octanol–water partition coefficient (Wildman–Crippen LogP) is 2.57. The third-order valence-electron chi connectivity index (χ3n) is 5.05. The van der Waals surface area contributed by atoms with Crippen LogP contribution in [0.1, 0.15) is 24.8 Å². The lowest BCUT2D eigenvalue weighted by Crippen LogP contribution is -2.46. The highest BCUT2D eigenvalue weighted by atomic mass is 16.5. The fourth-order valence-electron chi connectivity index (χ4n) is 3.80. The van der Waals surface area contributed by atoms with Gasteiger partial charge in [-0.1, -0.05) is 30.4 Å². The largest absolute Gasteiger partial charge is 0.496 e. The highest BCUT2D eigenvalue weighted by Crippen LogP contribution is 2.29. The molecule has 0 spiro atoms. The average Bonchev–Trinajstić information content (AvgIpc) is 3.04. The van der Waals surface area contributed by atoms with Crippen molar-refractivity contribution in [1.29, 1.82) is 0 Å². The number of para-hydroxylation sites is 1. The Morgan fingerprint density at radius 2 is 2.22 bits per heavy atom. The highest BCUT2D eigenvalue weighted by Gasteiger charge is 2.36. The molecule has 23 heavy (non-hydrogen) atoms. The van der Waals surface area contributed by atoms with Crippen LogP contribution in [0.3, 0.4) is 0 Å². The number of methoxy groups -OCH3 is 1. The van der Waals surface area contributed by atoms with Gasteiger partial charge in [-0.25, -0.2) is 0 Å². The number of ether oxygens (including phenoxy) is 2. The van der Waals surface area contributed by atoms with E-state index in [1.165, 1.54) is 6.42 Å². The molecule has 2 heterocycles. The molecule has 2 fully saturated rings. The van der Waals surface area contributed by atoms with Crippen LogP contribution >= 0.6 is 0 Å². The van der Waals surface area contributed by atoms with E-state index >= 15 is 0 Å². The molecule has 3 atom stereocenters. The van der Waals surface area contributed by atoms with E-state index in [0.29, 0.717) is 19.3 Å². The Balaban J connectivity index is 1.61. The lowest BCUT2D eigenvalue weighted by Gasteiger charge is -2.36. The first-order valence-corrected chi connectivity index (χ1v) is 8.59. The summed E-state index contributed by atoms with van der Waals surface area (Å²) in [6.07, 6.45) is 7.25. The van der Waals surface area contributed by atoms with E-state index in [9.17, 15) is 5.11 Å². The van der Waals surface area contributed by atoms with Crippen molar-refractivity contribution >= 4 is 6.08 Å². The van der Waals surface area contributed by atoms with Crippen LogP contribution in [0, 0.1) is 5.92 Å². The minimum Gasteiger partial charge on any atom is -0.496 e. The molecule has 0 saturated carbocycles. The van der Waals surface area contributed by atoms with Crippen molar-refractivity contribution in [3.63, 3.8) is 0 Å². The summed E-state index contributed by atoms with van der Waals surface area (Å²) in [5.74, 6) is 1.16. The van der Waals surface area contributed by atoms with E-state index in [0.717, 1.165) is 37.2 Å². The molecule has 1 aromatic rings. The summed E-state index contributed by atoms with van der Waals surface area (Å²) < 4.78 is 11.0. The van der Waals surface area contributed by atoms with Crippen molar-refractivity contribution < 1.29 is 14.6 Å². The van der Waals surface area contributed by atoms with Crippen LogP contribution in [0.4, 0.5) is 0 Å². The smallest absolute Gasteiger partial charge is 0.126 e. The van der Waals surface area contributed by atoms with Gasteiger partial charge >= 0.3 is 0 Å². The Kier molecular flexibility index (Phi) is 5.70. The van der Waals surface area contributed by atoms with Crippen molar-refractivity contribution in [1.82, 2.24) is 4.90 Å². The number of benzene rings is 1. The molecule has 126 valence electrons. The lowest BCUT2D eigenvalue weighted by atomic mass is 9.89. The van der Waals surface area contributed by atoms with Gasteiger partial charge in [0.15, 0.2) is 0 Å². The molecule has 0 aliphatic carbocycles. The normalized spacial score (nSPS) is 29.2. The summed E-state index contributed by atoms with van der Waals surface area (Å²) in [5, 5.41) is 10.3. The lowest BCUT2D eigenvalue weighted by molar-refractivity contribution is -0.0613. The number of aliphatic hydroxyl groups excluding tert-OH is 1. The van der Waals surface area contributed by atoms with E-state index in [2.05, 4.69) is 23.1 Å². The highest BCUT2D eigenvalue weighted by molar-refractivity contribution is 5.57. The van der Waals surface area contributed by atoms with Crippen molar-refractivity contribution in [3.05, 3.63) is 35.9 Å². The first kappa shape index (κ1) is 16.5. The van der Waals surface area contributed by atoms with Gasteiger partial charge in [0.25, 0.3) is 0 Å². The standard InChI is InChI=1S/C19H27NO3/c1-22-19-9-3-2-6-15(19)7-4-11-20-12-5-8-17(20)16-14-23-13-10-18(16)21/h2-4,6-7,9,16-18,21H,5,8,10-14H2,1H3. The molecule has 2 aliphatic heterocycles. The maximum atomic E-state index is 10.3. The van der Waals surface area contributed by atoms with Crippen LogP contribution in [-0.2, 0) is 4.74 Å². The molecule has 1 N–H and O–H groups in total. The number of likely N-dealkylation sites (tertiary alicyclic amines) is 1. The molecule has 3 unspecified atom stereocenters. The van der Waals surface area contributed by atoms with Crippen LogP contribution in [0.25, 0.3) is 6.08 Å². The number of aliphatic hydroxyl groups is 1. The molecular formula is C19H27NO3. The summed E-state index contributed by atoms with van der Waals surface area (Å²) in [6.45, 7) is 3.40. The zero-order valence-corrected chi connectivity index (χ0v) is 13.9. The quantitative estimate of drug-likeness (QED) is 0.906. The summed E-state index contributed by atoms with van der Waals surface area (Å²) in [4.78, 5) is 2.48. The van der Waals surface area contributed by atoms with Crippen molar-refractivity contribution in [2.75, 3.05) is 33.4 Å². The molecule has 0 bridgehead atoms. The van der Waals surface area contributed by atoms with Gasteiger partial charge < -0.3 is 14.6 Å². The zero-order chi connectivity index (χ0) is 16.1. The fraction of sp³-hybridized carbons (Fsp3) is 0.579. The zero-order valence-electron chi connectivity index (χ0n) is 13.9. The second-order valence-electron chi connectivity index (χ2n) is 6.44. The van der Waals surface area contributed by atoms with Crippen LogP contribution in [0.5, 0.6) is 5.75 Å². The predicted molar refractivity (Wildman–Crippen MR) is 91.6 cm³/mol. The molecule has 3 rings (SSSR count).